The molecule has 2 aliphatic rings. The van der Waals surface area contributed by atoms with Gasteiger partial charge >= 0.3 is 24.1 Å². The highest BCUT2D eigenvalue weighted by Crippen LogP contribution is 2.27. The van der Waals surface area contributed by atoms with Crippen LogP contribution in [0.3, 0.4) is 0 Å². The lowest BCUT2D eigenvalue weighted by Gasteiger charge is -2.31. The molecular weight excluding hydrogens is 1900 g/mol. The van der Waals surface area contributed by atoms with E-state index in [4.69, 9.17) is 67.8 Å². The molecule has 0 unspecified atom stereocenters. The van der Waals surface area contributed by atoms with Gasteiger partial charge in [0.2, 0.25) is 76.8 Å². The first-order valence-corrected chi connectivity index (χ1v) is 49.7. The van der Waals surface area contributed by atoms with E-state index in [1.165, 1.54) is 53.4 Å². The fourth-order valence-corrected chi connectivity index (χ4v) is 17.8. The number of urea groups is 3. The summed E-state index contributed by atoms with van der Waals surface area (Å²) >= 11 is 0. The van der Waals surface area contributed by atoms with Gasteiger partial charge in [0.05, 0.1) is 6.04 Å². The molecule has 53 heteroatoms. The van der Waals surface area contributed by atoms with Crippen molar-refractivity contribution in [3.63, 3.8) is 0 Å². The van der Waals surface area contributed by atoms with Crippen molar-refractivity contribution >= 4 is 151 Å². The number of aromatic hydroxyl groups is 2. The summed E-state index contributed by atoms with van der Waals surface area (Å²) < 4.78 is 0. The smallest absolute Gasteiger partial charge is 0.326 e. The third kappa shape index (κ3) is 43.7. The summed E-state index contributed by atoms with van der Waals surface area (Å²) in [6.07, 6.45) is -1.91. The molecule has 42 N–H and O–H groups in total. The Morgan fingerprint density at radius 2 is 0.811 bits per heavy atom. The van der Waals surface area contributed by atoms with Crippen molar-refractivity contribution in [1.29, 1.82) is 16.2 Å². The standard InChI is InChI=1S/C90H139N31O20S2/c91-35-5-3-17-58-74(127)114-63(18-4-6-36-92)83(136)121-43-13-24-70(121)82(135)118-66(46-51-28-33-56(123)34-29-51)78(131)113-60(20-9-38-104-86(96)97)73(126)111-62(22-11-42-108-90(102)141)76(129)119-68(80(133)115-64(84(137)138)23-12-39-105-87(98)99)48-142-143-49-69(81(134)117-65(45-50-26-31-55(122)32-27-50)77(130)112-61(72(125)110-58)21-10-41-107-89(101)140)120-79(132)67(47-52-25-30-53-14-1-2-15-54(53)44-52)116-75(128)59(19-8-37-103-85(94)95)109-71(124)57(93)16-7-40-106-88(100)139/h1-2,14-15,25-34,44,57-70,122-123H,3-13,16-24,35-43,45-49,91-93H2,(H,109,124)(H,110,125)(H,111,126)(H,112,130)(H,113,131)(H,114,127)(H,115,133)(H,116,128)(H,117,134)(H,118,135)(H,119,129)(H,120,132)(H,137,138)(H4,94,95,103)(H4,96,97,104)(H4,98,99,105)(H3,100,106,139)(H3,101,107,140)(H3,102,108,141)/t57-,58-,59-,60-,61-,62-,63+,64-,65-,66-,67-,68-,69-,70-/m0/s1. The number of nitrogens with two attached hydrogens (primary N) is 9. The molecule has 2 heterocycles. The lowest BCUT2D eigenvalue weighted by molar-refractivity contribution is -0.142. The average molecular weight is 2040 g/mol. The molecule has 19 amide bonds. The van der Waals surface area contributed by atoms with Crippen LogP contribution in [-0.4, -0.2) is 294 Å². The Morgan fingerprint density at radius 3 is 1.29 bits per heavy atom. The second-order valence-electron chi connectivity index (χ2n) is 34.4. The second-order valence-corrected chi connectivity index (χ2v) is 36.9. The molecule has 14 atom stereocenters. The minimum absolute atomic E-state index is 0.00253. The number of carboxylic acids is 1. The summed E-state index contributed by atoms with van der Waals surface area (Å²) in [6, 6.07) is -2.72. The van der Waals surface area contributed by atoms with Gasteiger partial charge in [-0.2, -0.15) is 0 Å². The summed E-state index contributed by atoms with van der Waals surface area (Å²) in [5.74, 6) is -17.9. The lowest BCUT2D eigenvalue weighted by atomic mass is 10.00. The number of hydrogen-bond donors (Lipinski definition) is 33. The number of fused-ring (bicyclic) bond motifs is 2. The number of aliphatic carboxylic acids is 1. The van der Waals surface area contributed by atoms with E-state index in [1.54, 1.807) is 36.4 Å². The van der Waals surface area contributed by atoms with Gasteiger partial charge < -0.3 is 168 Å². The van der Waals surface area contributed by atoms with Crippen LogP contribution in [0.2, 0.25) is 0 Å². The van der Waals surface area contributed by atoms with Crippen LogP contribution < -0.4 is 147 Å². The summed E-state index contributed by atoms with van der Waals surface area (Å²) in [6.45, 7) is -0.363. The fraction of sp³-hybridized carbons (Fsp3) is 0.533. The zero-order valence-corrected chi connectivity index (χ0v) is 81.2. The molecule has 143 heavy (non-hydrogen) atoms. The minimum atomic E-state index is -1.93. The van der Waals surface area contributed by atoms with Crippen molar-refractivity contribution in [2.24, 2.45) is 51.6 Å². The monoisotopic (exact) mass is 2040 g/mol. The van der Waals surface area contributed by atoms with Gasteiger partial charge in [0, 0.05) is 76.6 Å². The molecule has 0 saturated carbocycles. The molecule has 0 aliphatic carbocycles. The maximum absolute atomic E-state index is 16.0. The summed E-state index contributed by atoms with van der Waals surface area (Å²) in [4.78, 5) is 249. The van der Waals surface area contributed by atoms with Crippen molar-refractivity contribution < 1.29 is 96.8 Å². The summed E-state index contributed by atoms with van der Waals surface area (Å²) in [5.41, 5.74) is 52.3. The molecule has 0 radical (unpaired) electrons. The topological polar surface area (TPSA) is 876 Å². The molecule has 51 nitrogen and oxygen atoms in total. The fourth-order valence-electron chi connectivity index (χ4n) is 15.5. The van der Waals surface area contributed by atoms with E-state index in [2.05, 4.69) is 95.7 Å². The number of benzene rings is 4. The van der Waals surface area contributed by atoms with Gasteiger partial charge in [-0.1, -0.05) is 88.3 Å². The number of guanidine groups is 3. The number of nitrogens with zero attached hydrogens (tertiary/aromatic N) is 1. The molecule has 2 aliphatic heterocycles. The minimum Gasteiger partial charge on any atom is -0.508 e. The van der Waals surface area contributed by atoms with Crippen molar-refractivity contribution in [1.82, 2.24) is 101 Å². The molecular formula is C90H139N31O20S2. The molecule has 4 aromatic carbocycles. The first-order chi connectivity index (χ1) is 68.2. The largest absolute Gasteiger partial charge is 0.508 e. The van der Waals surface area contributed by atoms with Crippen LogP contribution in [-0.2, 0) is 86.4 Å². The normalized spacial score (nSPS) is 20.2. The van der Waals surface area contributed by atoms with E-state index < -0.39 is 228 Å². The maximum Gasteiger partial charge on any atom is 0.326 e. The Hall–Kier alpha value is -14.5. The lowest BCUT2D eigenvalue weighted by Crippen LogP contribution is -2.61. The van der Waals surface area contributed by atoms with Crippen molar-refractivity contribution in [2.45, 2.75) is 232 Å². The van der Waals surface area contributed by atoms with E-state index in [1.807, 2.05) is 6.07 Å². The maximum atomic E-state index is 16.0. The number of phenols is 2. The second kappa shape index (κ2) is 62.6. The van der Waals surface area contributed by atoms with Gasteiger partial charge in [-0.25, -0.2) is 19.2 Å². The molecule has 0 aromatic heterocycles. The predicted molar refractivity (Wildman–Crippen MR) is 533 cm³/mol. The Morgan fingerprint density at radius 1 is 0.413 bits per heavy atom. The molecule has 4 aromatic rings. The van der Waals surface area contributed by atoms with Gasteiger partial charge in [-0.3, -0.25) is 78.6 Å². The first kappa shape index (κ1) is 117. The Kier molecular flexibility index (Phi) is 51.4. The van der Waals surface area contributed by atoms with Crippen LogP contribution in [0.15, 0.2) is 91.0 Å². The van der Waals surface area contributed by atoms with E-state index in [0.29, 0.717) is 29.4 Å². The number of carbonyl (C=O) groups is 17. The van der Waals surface area contributed by atoms with Gasteiger partial charge in [0.15, 0.2) is 17.9 Å². The molecule has 2 saturated heterocycles. The average Bonchev–Trinajstić information content (AvgIpc) is 1.48. The highest BCUT2D eigenvalue weighted by Gasteiger charge is 2.43. The number of primary amides is 3. The summed E-state index contributed by atoms with van der Waals surface area (Å²) in [5, 5.41) is 103. The zero-order valence-electron chi connectivity index (χ0n) is 79.5. The highest BCUT2D eigenvalue weighted by atomic mass is 33.1. The summed E-state index contributed by atoms with van der Waals surface area (Å²) in [7, 11) is 1.44. The predicted octanol–water partition coefficient (Wildman–Crippen LogP) is -5.71. The van der Waals surface area contributed by atoms with Crippen LogP contribution in [0.1, 0.15) is 145 Å². The van der Waals surface area contributed by atoms with Crippen molar-refractivity contribution in [3.05, 3.63) is 108 Å². The number of nitrogens with one attached hydrogen (secondary N) is 21. The number of unbranched alkanes of at least 4 members (excludes halogenated alkanes) is 2. The number of phenolic OH excluding ortho intramolecular Hbond substituents is 2. The molecule has 0 spiro atoms. The highest BCUT2D eigenvalue weighted by molar-refractivity contribution is 8.76. The Labute approximate surface area is 834 Å². The number of amides is 19. The van der Waals surface area contributed by atoms with Crippen LogP contribution in [0.25, 0.3) is 10.8 Å². The zero-order chi connectivity index (χ0) is 105. The third-order valence-electron chi connectivity index (χ3n) is 23.1. The SMILES string of the molecule is N=C(N)NCCC[C@H](NC(=O)[C@@H]1CSSC[C@H](NC(=O)[C@H](Cc2ccc3ccccc3c2)NC(=O)[C@H](CCCNC(=N)N)NC(=O)[C@@H](N)CCCNC(N)=O)C(=O)N[C@@H](Cc2ccc(O)cc2)C(=O)N[C@@H](CCCNC(N)=O)C(=O)N[C@@H](CCCCN)C(=O)N[C@H](CCCCN)C(=O)N2CCC[C@H]2C(=O)N[C@@H](Cc2ccc(O)cc2)C(=O)N[C@@H](CCCNC(=N)N)C(=O)N[C@@H](CCCNC(N)=O)C(=O)N1)C(=O)O. The van der Waals surface area contributed by atoms with Crippen molar-refractivity contribution in [3.8, 4) is 11.5 Å². The van der Waals surface area contributed by atoms with Gasteiger partial charge in [-0.05, 0) is 193 Å². The molecule has 786 valence electrons. The Bertz CT molecular complexity index is 4980. The van der Waals surface area contributed by atoms with Gasteiger partial charge in [0.25, 0.3) is 0 Å². The third-order valence-corrected chi connectivity index (χ3v) is 25.5. The first-order valence-electron chi connectivity index (χ1n) is 47.2. The Balaban J connectivity index is 1.61. The molecule has 2 fully saturated rings. The van der Waals surface area contributed by atoms with Crippen LogP contribution in [0.4, 0.5) is 14.4 Å². The quantitative estimate of drug-likeness (QED) is 0.00848. The number of rotatable bonds is 47. The van der Waals surface area contributed by atoms with E-state index >= 15 is 57.5 Å². The molecule has 6 rings (SSSR count). The molecule has 0 bridgehead atoms. The van der Waals surface area contributed by atoms with E-state index in [0.717, 1.165) is 27.0 Å². The van der Waals surface area contributed by atoms with Crippen LogP contribution in [0, 0.1) is 16.2 Å². The van der Waals surface area contributed by atoms with E-state index in [9.17, 15) is 39.3 Å². The van der Waals surface area contributed by atoms with Gasteiger partial charge in [0.1, 0.15) is 90.0 Å². The van der Waals surface area contributed by atoms with Crippen molar-refractivity contribution in [2.75, 3.05) is 70.4 Å². The number of carbonyl (C=O) groups excluding carboxylic acids is 16. The van der Waals surface area contributed by atoms with E-state index in [-0.39, 0.29) is 198 Å². The number of carboxylic acid groups (broad SMARTS) is 1. The van der Waals surface area contributed by atoms with Crippen LogP contribution >= 0.6 is 21.6 Å². The van der Waals surface area contributed by atoms with Crippen LogP contribution in [0.5, 0.6) is 11.5 Å². The van der Waals surface area contributed by atoms with Gasteiger partial charge in [-0.15, -0.1) is 0 Å². The number of hydrogen-bond acceptors (Lipinski definition) is 27.